The highest BCUT2D eigenvalue weighted by Gasteiger charge is 2.07. The van der Waals surface area contributed by atoms with Crippen LogP contribution in [0.5, 0.6) is 0 Å². The average molecular weight is 292 g/mol. The summed E-state index contributed by atoms with van der Waals surface area (Å²) in [5.74, 6) is 0. The van der Waals surface area contributed by atoms with Crippen molar-refractivity contribution < 1.29 is 0 Å². The van der Waals surface area contributed by atoms with Crippen LogP contribution < -0.4 is 0 Å². The van der Waals surface area contributed by atoms with Crippen molar-refractivity contribution in [1.82, 2.24) is 9.78 Å². The van der Waals surface area contributed by atoms with Gasteiger partial charge in [-0.3, -0.25) is 4.68 Å². The van der Waals surface area contributed by atoms with Crippen molar-refractivity contribution in [3.63, 3.8) is 0 Å². The minimum atomic E-state index is 1.07. The molecule has 3 heteroatoms. The Kier molecular flexibility index (Phi) is 4.22. The highest BCUT2D eigenvalue weighted by molar-refractivity contribution is 14.1. The van der Waals surface area contributed by atoms with Crippen molar-refractivity contribution in [1.29, 1.82) is 0 Å². The van der Waals surface area contributed by atoms with E-state index in [1.807, 2.05) is 0 Å². The van der Waals surface area contributed by atoms with Gasteiger partial charge < -0.3 is 0 Å². The summed E-state index contributed by atoms with van der Waals surface area (Å²) in [6.45, 7) is 7.52. The van der Waals surface area contributed by atoms with E-state index in [0.717, 1.165) is 12.2 Å². The van der Waals surface area contributed by atoms with Crippen LogP contribution in [0, 0.1) is 17.4 Å². The first-order chi connectivity index (χ1) is 6.16. The smallest absolute Gasteiger partial charge is 0.0729 e. The lowest BCUT2D eigenvalue weighted by molar-refractivity contribution is 0.539. The summed E-state index contributed by atoms with van der Waals surface area (Å²) in [6.07, 6.45) is 3.82. The molecule has 0 unspecified atom stereocenters. The molecule has 0 amide bonds. The summed E-state index contributed by atoms with van der Waals surface area (Å²) in [5, 5.41) is 4.49. The van der Waals surface area contributed by atoms with Crippen molar-refractivity contribution in [2.75, 3.05) is 0 Å². The molecule has 0 radical (unpaired) electrons. The number of hydrogen-bond acceptors (Lipinski definition) is 1. The zero-order valence-corrected chi connectivity index (χ0v) is 10.8. The maximum absolute atomic E-state index is 4.49. The molecular formula is C10H17IN2. The van der Waals surface area contributed by atoms with Gasteiger partial charge in [0.1, 0.15) is 0 Å². The van der Waals surface area contributed by atoms with Crippen LogP contribution in [0.25, 0.3) is 0 Å². The maximum atomic E-state index is 4.49. The monoisotopic (exact) mass is 292 g/mol. The standard InChI is InChI=1S/C10H17IN2/c1-4-5-6-7-13-9(3)10(11)8(2)12-13/h4-7H2,1-3H3. The van der Waals surface area contributed by atoms with Gasteiger partial charge in [-0.05, 0) is 42.9 Å². The van der Waals surface area contributed by atoms with Crippen LogP contribution in [0.4, 0.5) is 0 Å². The van der Waals surface area contributed by atoms with Gasteiger partial charge in [0.05, 0.1) is 9.26 Å². The van der Waals surface area contributed by atoms with Crippen LogP contribution in [0.3, 0.4) is 0 Å². The highest BCUT2D eigenvalue weighted by Crippen LogP contribution is 2.15. The third kappa shape index (κ3) is 2.69. The summed E-state index contributed by atoms with van der Waals surface area (Å²) in [7, 11) is 0. The molecule has 0 aliphatic carbocycles. The summed E-state index contributed by atoms with van der Waals surface area (Å²) < 4.78 is 3.45. The molecule has 0 aliphatic heterocycles. The molecule has 0 spiro atoms. The fourth-order valence-corrected chi connectivity index (χ4v) is 1.79. The second-order valence-corrected chi connectivity index (χ2v) is 4.49. The number of nitrogens with zero attached hydrogens (tertiary/aromatic N) is 2. The van der Waals surface area contributed by atoms with E-state index < -0.39 is 0 Å². The second-order valence-electron chi connectivity index (χ2n) is 3.42. The first-order valence-corrected chi connectivity index (χ1v) is 5.94. The van der Waals surface area contributed by atoms with E-state index in [4.69, 9.17) is 0 Å². The van der Waals surface area contributed by atoms with Gasteiger partial charge in [-0.15, -0.1) is 0 Å². The van der Waals surface area contributed by atoms with Gasteiger partial charge in [-0.1, -0.05) is 19.8 Å². The molecule has 0 atom stereocenters. The third-order valence-corrected chi connectivity index (χ3v) is 3.83. The van der Waals surface area contributed by atoms with Crippen LogP contribution in [-0.4, -0.2) is 9.78 Å². The molecule has 2 nitrogen and oxygen atoms in total. The predicted molar refractivity (Wildman–Crippen MR) is 63.9 cm³/mol. The van der Waals surface area contributed by atoms with Crippen LogP contribution in [-0.2, 0) is 6.54 Å². The first kappa shape index (κ1) is 11.0. The van der Waals surface area contributed by atoms with Gasteiger partial charge >= 0.3 is 0 Å². The van der Waals surface area contributed by atoms with E-state index >= 15 is 0 Å². The van der Waals surface area contributed by atoms with Gasteiger partial charge in [0.25, 0.3) is 0 Å². The lowest BCUT2D eigenvalue weighted by atomic mass is 10.2. The number of rotatable bonds is 4. The maximum Gasteiger partial charge on any atom is 0.0729 e. The Labute approximate surface area is 93.9 Å². The van der Waals surface area contributed by atoms with Crippen LogP contribution >= 0.6 is 22.6 Å². The Bertz CT molecular complexity index is 279. The van der Waals surface area contributed by atoms with E-state index in [2.05, 4.69) is 53.1 Å². The molecule has 0 aromatic carbocycles. The Morgan fingerprint density at radius 1 is 1.31 bits per heavy atom. The van der Waals surface area contributed by atoms with E-state index in [1.54, 1.807) is 0 Å². The van der Waals surface area contributed by atoms with E-state index in [-0.39, 0.29) is 0 Å². The van der Waals surface area contributed by atoms with Crippen LogP contribution in [0.2, 0.25) is 0 Å². The zero-order valence-electron chi connectivity index (χ0n) is 8.60. The molecule has 0 saturated carbocycles. The van der Waals surface area contributed by atoms with Crippen molar-refractivity contribution in [2.24, 2.45) is 0 Å². The van der Waals surface area contributed by atoms with E-state index in [1.165, 1.54) is 28.5 Å². The molecule has 74 valence electrons. The zero-order chi connectivity index (χ0) is 9.84. The number of aryl methyl sites for hydroxylation is 2. The fourth-order valence-electron chi connectivity index (χ4n) is 1.40. The van der Waals surface area contributed by atoms with Crippen LogP contribution in [0.1, 0.15) is 37.6 Å². The first-order valence-electron chi connectivity index (χ1n) is 4.86. The Balaban J connectivity index is 2.61. The van der Waals surface area contributed by atoms with Gasteiger partial charge in [0.15, 0.2) is 0 Å². The lowest BCUT2D eigenvalue weighted by Gasteiger charge is -2.02. The molecule has 0 N–H and O–H groups in total. The highest BCUT2D eigenvalue weighted by atomic mass is 127. The minimum absolute atomic E-state index is 1.07. The van der Waals surface area contributed by atoms with Crippen molar-refractivity contribution in [3.8, 4) is 0 Å². The van der Waals surface area contributed by atoms with Gasteiger partial charge in [-0.25, -0.2) is 0 Å². The third-order valence-electron chi connectivity index (χ3n) is 2.27. The number of hydrogen-bond donors (Lipinski definition) is 0. The molecule has 0 fully saturated rings. The minimum Gasteiger partial charge on any atom is -0.269 e. The molecule has 0 bridgehead atoms. The quantitative estimate of drug-likeness (QED) is 0.615. The Hall–Kier alpha value is -0.0600. The lowest BCUT2D eigenvalue weighted by Crippen LogP contribution is -2.02. The average Bonchev–Trinajstić information content (AvgIpc) is 2.34. The van der Waals surface area contributed by atoms with Crippen molar-refractivity contribution in [3.05, 3.63) is 15.0 Å². The topological polar surface area (TPSA) is 17.8 Å². The molecule has 1 rings (SSSR count). The molecule has 1 heterocycles. The number of halogens is 1. The number of aromatic nitrogens is 2. The summed E-state index contributed by atoms with van der Waals surface area (Å²) in [4.78, 5) is 0. The normalized spacial score (nSPS) is 10.8. The van der Waals surface area contributed by atoms with E-state index in [0.29, 0.717) is 0 Å². The van der Waals surface area contributed by atoms with Gasteiger partial charge in [0.2, 0.25) is 0 Å². The van der Waals surface area contributed by atoms with E-state index in [9.17, 15) is 0 Å². The van der Waals surface area contributed by atoms with Crippen molar-refractivity contribution in [2.45, 2.75) is 46.6 Å². The summed E-state index contributed by atoms with van der Waals surface area (Å²) >= 11 is 2.37. The second kappa shape index (κ2) is 4.98. The van der Waals surface area contributed by atoms with Crippen LogP contribution in [0.15, 0.2) is 0 Å². The Morgan fingerprint density at radius 3 is 2.46 bits per heavy atom. The largest absolute Gasteiger partial charge is 0.269 e. The van der Waals surface area contributed by atoms with Gasteiger partial charge in [-0.2, -0.15) is 5.10 Å². The van der Waals surface area contributed by atoms with Gasteiger partial charge in [0, 0.05) is 12.2 Å². The predicted octanol–water partition coefficient (Wildman–Crippen LogP) is 3.29. The molecule has 13 heavy (non-hydrogen) atoms. The molecule has 0 aliphatic rings. The summed E-state index contributed by atoms with van der Waals surface area (Å²) in [5.41, 5.74) is 2.48. The molecule has 1 aromatic heterocycles. The molecular weight excluding hydrogens is 275 g/mol. The fraction of sp³-hybridized carbons (Fsp3) is 0.700. The SMILES string of the molecule is CCCCCn1nc(C)c(I)c1C. The Morgan fingerprint density at radius 2 is 2.00 bits per heavy atom. The molecule has 1 aromatic rings. The van der Waals surface area contributed by atoms with Crippen molar-refractivity contribution >= 4 is 22.6 Å². The number of unbranched alkanes of at least 4 members (excludes halogenated alkanes) is 2. The summed E-state index contributed by atoms with van der Waals surface area (Å²) in [6, 6.07) is 0. The molecule has 0 saturated heterocycles.